The lowest BCUT2D eigenvalue weighted by molar-refractivity contribution is -0.138. The molecule has 172 valence electrons. The molecule has 0 saturated carbocycles. The summed E-state index contributed by atoms with van der Waals surface area (Å²) in [6.45, 7) is 3.26. The SMILES string of the molecule is COc1ccc(-c2ccc(-c3cc(C(C)(C)O)nn3-c3ccccc3Cl)s2)cc1C(F)(F)F. The van der Waals surface area contributed by atoms with Crippen LogP contribution in [0, 0.1) is 0 Å². The molecule has 0 unspecified atom stereocenters. The Bertz CT molecular complexity index is 1310. The minimum absolute atomic E-state index is 0.227. The number of benzene rings is 2. The normalized spacial score (nSPS) is 12.2. The summed E-state index contributed by atoms with van der Waals surface area (Å²) in [5.74, 6) is -0.227. The van der Waals surface area contributed by atoms with Crippen LogP contribution >= 0.6 is 22.9 Å². The first-order valence-electron chi connectivity index (χ1n) is 9.92. The molecule has 1 N–H and O–H groups in total. The molecule has 0 amide bonds. The summed E-state index contributed by atoms with van der Waals surface area (Å²) in [6, 6.07) is 16.5. The standard InChI is InChI=1S/C24H20ClF3N2O2S/c1-23(2,31)22-13-18(30(29-22)17-7-5-4-6-16(17)25)21-11-10-20(33-21)14-8-9-19(32-3)15(12-14)24(26,27)28/h4-13,31H,1-3H3. The van der Waals surface area contributed by atoms with Gasteiger partial charge in [0.05, 0.1) is 39.6 Å². The van der Waals surface area contributed by atoms with Gasteiger partial charge < -0.3 is 9.84 Å². The van der Waals surface area contributed by atoms with Gasteiger partial charge in [-0.25, -0.2) is 4.68 Å². The summed E-state index contributed by atoms with van der Waals surface area (Å²) < 4.78 is 46.9. The molecule has 0 aliphatic heterocycles. The van der Waals surface area contributed by atoms with Gasteiger partial charge in [-0.15, -0.1) is 11.3 Å². The molecule has 4 rings (SSSR count). The first-order chi connectivity index (χ1) is 15.5. The van der Waals surface area contributed by atoms with Crippen molar-refractivity contribution in [1.82, 2.24) is 9.78 Å². The van der Waals surface area contributed by atoms with E-state index in [9.17, 15) is 18.3 Å². The quantitative estimate of drug-likeness (QED) is 0.321. The third-order valence-electron chi connectivity index (χ3n) is 5.06. The molecule has 9 heteroatoms. The van der Waals surface area contributed by atoms with Gasteiger partial charge in [-0.1, -0.05) is 23.7 Å². The van der Waals surface area contributed by atoms with Crippen LogP contribution in [-0.4, -0.2) is 22.0 Å². The summed E-state index contributed by atoms with van der Waals surface area (Å²) in [6.07, 6.45) is -4.54. The second-order valence-corrected chi connectivity index (χ2v) is 9.40. The maximum absolute atomic E-state index is 13.5. The largest absolute Gasteiger partial charge is 0.496 e. The van der Waals surface area contributed by atoms with Gasteiger partial charge in [-0.3, -0.25) is 0 Å². The molecular weight excluding hydrogens is 473 g/mol. The Hall–Kier alpha value is -2.81. The molecule has 0 radical (unpaired) electrons. The van der Waals surface area contributed by atoms with Crippen molar-refractivity contribution in [3.05, 3.63) is 76.9 Å². The van der Waals surface area contributed by atoms with E-state index in [-0.39, 0.29) is 5.75 Å². The molecule has 0 saturated heterocycles. The number of halogens is 4. The number of aromatic nitrogens is 2. The van der Waals surface area contributed by atoms with Crippen molar-refractivity contribution in [3.63, 3.8) is 0 Å². The van der Waals surface area contributed by atoms with E-state index in [2.05, 4.69) is 5.10 Å². The Morgan fingerprint density at radius 1 is 1.00 bits per heavy atom. The fraction of sp³-hybridized carbons (Fsp3) is 0.208. The number of thiophene rings is 1. The van der Waals surface area contributed by atoms with E-state index >= 15 is 0 Å². The van der Waals surface area contributed by atoms with Gasteiger partial charge in [0.1, 0.15) is 11.4 Å². The zero-order chi connectivity index (χ0) is 24.0. The lowest BCUT2D eigenvalue weighted by Gasteiger charge is -2.13. The van der Waals surface area contributed by atoms with Crippen LogP contribution in [0.3, 0.4) is 0 Å². The Kier molecular flexibility index (Phi) is 6.03. The van der Waals surface area contributed by atoms with E-state index < -0.39 is 17.3 Å². The molecule has 2 aromatic carbocycles. The van der Waals surface area contributed by atoms with Crippen molar-refractivity contribution in [1.29, 1.82) is 0 Å². The Balaban J connectivity index is 1.83. The highest BCUT2D eigenvalue weighted by Gasteiger charge is 2.34. The van der Waals surface area contributed by atoms with Crippen molar-refractivity contribution in [2.75, 3.05) is 7.11 Å². The number of ether oxygens (including phenoxy) is 1. The molecule has 0 aliphatic rings. The van der Waals surface area contributed by atoms with E-state index in [1.807, 2.05) is 12.1 Å². The summed E-state index contributed by atoms with van der Waals surface area (Å²) >= 11 is 7.71. The molecular formula is C24H20ClF3N2O2S. The van der Waals surface area contributed by atoms with Gasteiger partial charge >= 0.3 is 6.18 Å². The highest BCUT2D eigenvalue weighted by molar-refractivity contribution is 7.18. The first-order valence-corrected chi connectivity index (χ1v) is 11.1. The van der Waals surface area contributed by atoms with Crippen LogP contribution in [0.25, 0.3) is 26.7 Å². The average Bonchev–Trinajstić information content (AvgIpc) is 3.40. The topological polar surface area (TPSA) is 47.3 Å². The van der Waals surface area contributed by atoms with Crippen LogP contribution in [0.5, 0.6) is 5.75 Å². The van der Waals surface area contributed by atoms with Gasteiger partial charge in [0.2, 0.25) is 0 Å². The minimum atomic E-state index is -4.54. The molecule has 2 heterocycles. The van der Waals surface area contributed by atoms with Gasteiger partial charge in [-0.2, -0.15) is 18.3 Å². The van der Waals surface area contributed by atoms with Crippen molar-refractivity contribution >= 4 is 22.9 Å². The van der Waals surface area contributed by atoms with Crippen LogP contribution in [0.15, 0.2) is 60.7 Å². The molecule has 4 aromatic rings. The Labute approximate surface area is 197 Å². The van der Waals surface area contributed by atoms with Crippen molar-refractivity contribution < 1.29 is 23.0 Å². The number of aliphatic hydroxyl groups is 1. The smallest absolute Gasteiger partial charge is 0.419 e. The minimum Gasteiger partial charge on any atom is -0.496 e. The average molecular weight is 493 g/mol. The van der Waals surface area contributed by atoms with Crippen molar-refractivity contribution in [2.45, 2.75) is 25.6 Å². The Morgan fingerprint density at radius 2 is 1.70 bits per heavy atom. The van der Waals surface area contributed by atoms with Crippen LogP contribution < -0.4 is 4.74 Å². The van der Waals surface area contributed by atoms with Crippen LogP contribution in [0.2, 0.25) is 5.02 Å². The third-order valence-corrected chi connectivity index (χ3v) is 6.54. The number of hydrogen-bond donors (Lipinski definition) is 1. The van der Waals surface area contributed by atoms with Crippen LogP contribution in [0.1, 0.15) is 25.1 Å². The van der Waals surface area contributed by atoms with E-state index in [0.29, 0.717) is 32.5 Å². The maximum atomic E-state index is 13.5. The fourth-order valence-electron chi connectivity index (χ4n) is 3.38. The molecule has 0 aliphatic carbocycles. The van der Waals surface area contributed by atoms with Gasteiger partial charge in [0.15, 0.2) is 0 Å². The van der Waals surface area contributed by atoms with E-state index in [0.717, 1.165) is 10.9 Å². The second kappa shape index (κ2) is 8.52. The maximum Gasteiger partial charge on any atom is 0.419 e. The molecule has 33 heavy (non-hydrogen) atoms. The summed E-state index contributed by atoms with van der Waals surface area (Å²) in [7, 11) is 1.21. The molecule has 0 spiro atoms. The third kappa shape index (κ3) is 4.64. The molecule has 0 fully saturated rings. The monoisotopic (exact) mass is 492 g/mol. The predicted molar refractivity (Wildman–Crippen MR) is 124 cm³/mol. The number of rotatable bonds is 5. The molecule has 0 bridgehead atoms. The van der Waals surface area contributed by atoms with E-state index in [4.69, 9.17) is 16.3 Å². The lowest BCUT2D eigenvalue weighted by Crippen LogP contribution is -2.16. The summed E-state index contributed by atoms with van der Waals surface area (Å²) in [5.41, 5.74) is 0.133. The fourth-order valence-corrected chi connectivity index (χ4v) is 4.60. The van der Waals surface area contributed by atoms with Crippen LogP contribution in [-0.2, 0) is 11.8 Å². The van der Waals surface area contributed by atoms with E-state index in [1.54, 1.807) is 54.9 Å². The van der Waals surface area contributed by atoms with E-state index in [1.165, 1.54) is 24.5 Å². The molecule has 0 atom stereocenters. The summed E-state index contributed by atoms with van der Waals surface area (Å²) in [5, 5.41) is 15.5. The van der Waals surface area contributed by atoms with Crippen LogP contribution in [0.4, 0.5) is 13.2 Å². The highest BCUT2D eigenvalue weighted by atomic mass is 35.5. The van der Waals surface area contributed by atoms with Gasteiger partial charge in [0.25, 0.3) is 0 Å². The second-order valence-electron chi connectivity index (χ2n) is 7.91. The number of alkyl halides is 3. The van der Waals surface area contributed by atoms with Gasteiger partial charge in [0, 0.05) is 4.88 Å². The number of nitrogens with zero attached hydrogens (tertiary/aromatic N) is 2. The highest BCUT2D eigenvalue weighted by Crippen LogP contribution is 2.42. The zero-order valence-electron chi connectivity index (χ0n) is 17.9. The number of para-hydroxylation sites is 1. The Morgan fingerprint density at radius 3 is 2.33 bits per heavy atom. The molecule has 2 aromatic heterocycles. The van der Waals surface area contributed by atoms with Crippen molar-refractivity contribution in [2.24, 2.45) is 0 Å². The first kappa shape index (κ1) is 23.4. The van der Waals surface area contributed by atoms with Crippen molar-refractivity contribution in [3.8, 4) is 32.4 Å². The zero-order valence-corrected chi connectivity index (χ0v) is 19.5. The number of hydrogen-bond acceptors (Lipinski definition) is 4. The number of methoxy groups -OCH3 is 1. The van der Waals surface area contributed by atoms with Gasteiger partial charge in [-0.05, 0) is 67.9 Å². The summed E-state index contributed by atoms with van der Waals surface area (Å²) in [4.78, 5) is 1.41. The molecule has 4 nitrogen and oxygen atoms in total. The predicted octanol–water partition coefficient (Wildman–Crippen LogP) is 7.18. The lowest BCUT2D eigenvalue weighted by atomic mass is 10.1.